The normalized spacial score (nSPS) is 24.1. The van der Waals surface area contributed by atoms with E-state index in [0.717, 1.165) is 37.9 Å². The molecule has 2 rings (SSSR count). The highest BCUT2D eigenvalue weighted by molar-refractivity contribution is 6.31. The van der Waals surface area contributed by atoms with Gasteiger partial charge in [0.15, 0.2) is 0 Å². The summed E-state index contributed by atoms with van der Waals surface area (Å²) in [6.45, 7) is 5.85. The van der Waals surface area contributed by atoms with Crippen molar-refractivity contribution in [2.24, 2.45) is 5.41 Å². The number of benzene rings is 1. The first-order chi connectivity index (χ1) is 9.59. The van der Waals surface area contributed by atoms with Crippen molar-refractivity contribution in [1.29, 1.82) is 0 Å². The number of rotatable bonds is 4. The van der Waals surface area contributed by atoms with Crippen molar-refractivity contribution < 1.29 is 4.79 Å². The lowest BCUT2D eigenvalue weighted by Gasteiger charge is -2.36. The number of amides is 1. The summed E-state index contributed by atoms with van der Waals surface area (Å²) in [6.07, 6.45) is 2.88. The summed E-state index contributed by atoms with van der Waals surface area (Å²) < 4.78 is 0. The highest BCUT2D eigenvalue weighted by Gasteiger charge is 2.38. The summed E-state index contributed by atoms with van der Waals surface area (Å²) in [6, 6.07) is 7.60. The molecule has 3 nitrogen and oxygen atoms in total. The lowest BCUT2D eigenvalue weighted by molar-refractivity contribution is -0.133. The Kier molecular flexibility index (Phi) is 5.06. The lowest BCUT2D eigenvalue weighted by Crippen LogP contribution is -2.50. The average molecular weight is 295 g/mol. The van der Waals surface area contributed by atoms with Crippen molar-refractivity contribution in [3.8, 4) is 0 Å². The van der Waals surface area contributed by atoms with E-state index in [9.17, 15) is 4.79 Å². The fourth-order valence-corrected chi connectivity index (χ4v) is 3.18. The van der Waals surface area contributed by atoms with Crippen LogP contribution in [0, 0.1) is 5.41 Å². The van der Waals surface area contributed by atoms with Crippen molar-refractivity contribution in [3.63, 3.8) is 0 Å². The SMILES string of the molecule is CCC1(C(=O)N[C@@H](C)c2ccccc2Cl)CCCNC1. The quantitative estimate of drug-likeness (QED) is 0.894. The number of piperidine rings is 1. The molecule has 1 aromatic carbocycles. The van der Waals surface area contributed by atoms with Gasteiger partial charge in [0, 0.05) is 11.6 Å². The molecule has 4 heteroatoms. The number of halogens is 1. The second-order valence-electron chi connectivity index (χ2n) is 5.63. The molecule has 0 spiro atoms. The third-order valence-electron chi connectivity index (χ3n) is 4.35. The zero-order valence-corrected chi connectivity index (χ0v) is 13.0. The molecule has 1 unspecified atom stereocenters. The molecule has 20 heavy (non-hydrogen) atoms. The maximum atomic E-state index is 12.7. The van der Waals surface area contributed by atoms with Crippen LogP contribution in [0.3, 0.4) is 0 Å². The summed E-state index contributed by atoms with van der Waals surface area (Å²) in [5.41, 5.74) is 0.700. The molecular formula is C16H23ClN2O. The Morgan fingerprint density at radius 2 is 2.25 bits per heavy atom. The van der Waals surface area contributed by atoms with Gasteiger partial charge in [-0.3, -0.25) is 4.79 Å². The molecule has 1 saturated heterocycles. The summed E-state index contributed by atoms with van der Waals surface area (Å²) in [7, 11) is 0. The molecule has 1 aliphatic rings. The predicted molar refractivity (Wildman–Crippen MR) is 82.8 cm³/mol. The molecule has 0 aliphatic carbocycles. The van der Waals surface area contributed by atoms with Crippen LogP contribution in [0.25, 0.3) is 0 Å². The second kappa shape index (κ2) is 6.59. The van der Waals surface area contributed by atoms with Crippen LogP contribution in [-0.4, -0.2) is 19.0 Å². The van der Waals surface area contributed by atoms with Gasteiger partial charge >= 0.3 is 0 Å². The minimum atomic E-state index is -0.270. The number of carbonyl (C=O) groups excluding carboxylic acids is 1. The van der Waals surface area contributed by atoms with Crippen molar-refractivity contribution >= 4 is 17.5 Å². The molecule has 1 amide bonds. The fraction of sp³-hybridized carbons (Fsp3) is 0.562. The van der Waals surface area contributed by atoms with Crippen molar-refractivity contribution in [2.75, 3.05) is 13.1 Å². The summed E-state index contributed by atoms with van der Waals surface area (Å²) in [5.74, 6) is 0.139. The standard InChI is InChI=1S/C16H23ClN2O/c1-3-16(9-6-10-18-11-16)15(20)19-12(2)13-7-4-5-8-14(13)17/h4-5,7-8,12,18H,3,6,9-11H2,1-2H3,(H,19,20)/t12-,16?/m0/s1. The minimum Gasteiger partial charge on any atom is -0.349 e. The van der Waals surface area contributed by atoms with Gasteiger partial charge in [-0.2, -0.15) is 0 Å². The second-order valence-corrected chi connectivity index (χ2v) is 6.04. The molecule has 0 saturated carbocycles. The highest BCUT2D eigenvalue weighted by Crippen LogP contribution is 2.31. The Morgan fingerprint density at radius 3 is 2.85 bits per heavy atom. The Morgan fingerprint density at radius 1 is 1.50 bits per heavy atom. The van der Waals surface area contributed by atoms with Gasteiger partial charge in [-0.05, 0) is 44.4 Å². The van der Waals surface area contributed by atoms with E-state index in [1.165, 1.54) is 0 Å². The summed E-state index contributed by atoms with van der Waals surface area (Å²) in [4.78, 5) is 12.7. The van der Waals surface area contributed by atoms with Crippen LogP contribution in [0.1, 0.15) is 44.7 Å². The maximum absolute atomic E-state index is 12.7. The molecule has 1 aromatic rings. The Hall–Kier alpha value is -1.06. The molecule has 0 bridgehead atoms. The lowest BCUT2D eigenvalue weighted by atomic mass is 9.77. The highest BCUT2D eigenvalue weighted by atomic mass is 35.5. The van der Waals surface area contributed by atoms with Crippen LogP contribution >= 0.6 is 11.6 Å². The van der Waals surface area contributed by atoms with Gasteiger partial charge in [-0.25, -0.2) is 0 Å². The number of hydrogen-bond donors (Lipinski definition) is 2. The van der Waals surface area contributed by atoms with Crippen LogP contribution in [-0.2, 0) is 4.79 Å². The fourth-order valence-electron chi connectivity index (χ4n) is 2.88. The van der Waals surface area contributed by atoms with E-state index in [4.69, 9.17) is 11.6 Å². The molecule has 110 valence electrons. The van der Waals surface area contributed by atoms with Crippen LogP contribution in [0.5, 0.6) is 0 Å². The van der Waals surface area contributed by atoms with Crippen LogP contribution in [0.15, 0.2) is 24.3 Å². The van der Waals surface area contributed by atoms with Gasteiger partial charge in [0.25, 0.3) is 0 Å². The Bertz CT molecular complexity index is 469. The van der Waals surface area contributed by atoms with E-state index in [0.29, 0.717) is 5.02 Å². The third-order valence-corrected chi connectivity index (χ3v) is 4.69. The Balaban J connectivity index is 2.08. The van der Waals surface area contributed by atoms with E-state index in [2.05, 4.69) is 17.6 Å². The Labute approximate surface area is 126 Å². The largest absolute Gasteiger partial charge is 0.349 e. The summed E-state index contributed by atoms with van der Waals surface area (Å²) in [5, 5.41) is 7.18. The van der Waals surface area contributed by atoms with Crippen LogP contribution in [0.2, 0.25) is 5.02 Å². The first-order valence-corrected chi connectivity index (χ1v) is 7.73. The molecule has 2 N–H and O–H groups in total. The van der Waals surface area contributed by atoms with Gasteiger partial charge < -0.3 is 10.6 Å². The average Bonchev–Trinajstić information content (AvgIpc) is 2.48. The van der Waals surface area contributed by atoms with Crippen LogP contribution in [0.4, 0.5) is 0 Å². The molecule has 1 heterocycles. The number of carbonyl (C=O) groups is 1. The zero-order chi connectivity index (χ0) is 14.6. The van der Waals surface area contributed by atoms with Crippen LogP contribution < -0.4 is 10.6 Å². The van der Waals surface area contributed by atoms with Crippen molar-refractivity contribution in [1.82, 2.24) is 10.6 Å². The van der Waals surface area contributed by atoms with E-state index in [1.807, 2.05) is 31.2 Å². The first kappa shape index (κ1) is 15.3. The van der Waals surface area contributed by atoms with E-state index < -0.39 is 0 Å². The number of nitrogens with one attached hydrogen (secondary N) is 2. The number of hydrogen-bond acceptors (Lipinski definition) is 2. The van der Waals surface area contributed by atoms with Crippen molar-refractivity contribution in [2.45, 2.75) is 39.2 Å². The van der Waals surface area contributed by atoms with Gasteiger partial charge in [0.1, 0.15) is 0 Å². The molecule has 0 radical (unpaired) electrons. The smallest absolute Gasteiger partial charge is 0.227 e. The molecule has 1 fully saturated rings. The van der Waals surface area contributed by atoms with E-state index in [1.54, 1.807) is 0 Å². The summed E-state index contributed by atoms with van der Waals surface area (Å²) >= 11 is 6.19. The molecular weight excluding hydrogens is 272 g/mol. The zero-order valence-electron chi connectivity index (χ0n) is 12.2. The van der Waals surface area contributed by atoms with Crippen molar-refractivity contribution in [3.05, 3.63) is 34.9 Å². The maximum Gasteiger partial charge on any atom is 0.227 e. The third kappa shape index (κ3) is 3.15. The monoisotopic (exact) mass is 294 g/mol. The minimum absolute atomic E-state index is 0.0680. The first-order valence-electron chi connectivity index (χ1n) is 7.35. The van der Waals surface area contributed by atoms with Gasteiger partial charge in [0.05, 0.1) is 11.5 Å². The molecule has 0 aromatic heterocycles. The van der Waals surface area contributed by atoms with E-state index >= 15 is 0 Å². The molecule has 2 atom stereocenters. The van der Waals surface area contributed by atoms with Gasteiger partial charge in [-0.15, -0.1) is 0 Å². The van der Waals surface area contributed by atoms with Gasteiger partial charge in [0.2, 0.25) is 5.91 Å². The van der Waals surface area contributed by atoms with Gasteiger partial charge in [-0.1, -0.05) is 36.7 Å². The predicted octanol–water partition coefficient (Wildman–Crippen LogP) is 3.30. The van der Waals surface area contributed by atoms with E-state index in [-0.39, 0.29) is 17.4 Å². The topological polar surface area (TPSA) is 41.1 Å². The molecule has 1 aliphatic heterocycles.